The lowest BCUT2D eigenvalue weighted by atomic mass is 10.1. The van der Waals surface area contributed by atoms with E-state index in [1.807, 2.05) is 27.7 Å². The van der Waals surface area contributed by atoms with E-state index in [1.54, 1.807) is 0 Å². The Labute approximate surface area is 159 Å². The minimum absolute atomic E-state index is 0.0213. The highest BCUT2D eigenvalue weighted by atomic mass is 28.4. The van der Waals surface area contributed by atoms with Gasteiger partial charge in [0.25, 0.3) is 14.3 Å². The summed E-state index contributed by atoms with van der Waals surface area (Å²) >= 11 is 0. The van der Waals surface area contributed by atoms with Crippen LogP contribution in [0.25, 0.3) is 0 Å². The van der Waals surface area contributed by atoms with Gasteiger partial charge in [0.05, 0.1) is 0 Å². The van der Waals surface area contributed by atoms with E-state index in [0.29, 0.717) is 19.6 Å². The van der Waals surface area contributed by atoms with E-state index >= 15 is 0 Å². The maximum Gasteiger partial charge on any atom is 0.402 e. The van der Waals surface area contributed by atoms with Crippen LogP contribution >= 0.6 is 0 Å². The molecule has 0 aromatic carbocycles. The highest BCUT2D eigenvalue weighted by Crippen LogP contribution is 2.47. The molecule has 0 rings (SSSR count). The summed E-state index contributed by atoms with van der Waals surface area (Å²) in [6.07, 6.45) is 2.77. The first-order valence-corrected chi connectivity index (χ1v) is 13.6. The van der Waals surface area contributed by atoms with Gasteiger partial charge in [-0.15, -0.1) is 0 Å². The molecule has 0 saturated carbocycles. The summed E-state index contributed by atoms with van der Waals surface area (Å²) in [5.74, 6) is -0.103. The van der Waals surface area contributed by atoms with E-state index in [1.165, 1.54) is 0 Å². The van der Waals surface area contributed by atoms with Gasteiger partial charge in [0.15, 0.2) is 0 Å². The van der Waals surface area contributed by atoms with Gasteiger partial charge in [0.1, 0.15) is 5.04 Å². The molecule has 0 amide bonds. The highest BCUT2D eigenvalue weighted by molar-refractivity contribution is 6.78. The molecule has 0 bridgehead atoms. The molecule has 0 fully saturated rings. The second kappa shape index (κ2) is 10.8. The van der Waals surface area contributed by atoms with Crippen molar-refractivity contribution in [3.63, 3.8) is 0 Å². The second-order valence-electron chi connectivity index (χ2n) is 7.97. The number of hydrogen-bond donors (Lipinski definition) is 0. The molecule has 1 radical (unpaired) electrons. The summed E-state index contributed by atoms with van der Waals surface area (Å²) < 4.78 is 18.2. The van der Waals surface area contributed by atoms with Crippen LogP contribution in [0, 0.1) is 0 Å². The molecule has 4 nitrogen and oxygen atoms in total. The van der Waals surface area contributed by atoms with Crippen molar-refractivity contribution in [2.45, 2.75) is 104 Å². The molecule has 1 unspecified atom stereocenters. The molecular weight excluding hydrogens is 348 g/mol. The van der Waals surface area contributed by atoms with Gasteiger partial charge in [0, 0.05) is 13.2 Å². The smallest absolute Gasteiger partial charge is 0.402 e. The van der Waals surface area contributed by atoms with E-state index in [4.69, 9.17) is 13.3 Å². The Bertz CT molecular complexity index is 383. The van der Waals surface area contributed by atoms with Crippen molar-refractivity contribution in [2.75, 3.05) is 13.2 Å². The molecule has 0 heterocycles. The lowest BCUT2D eigenvalue weighted by Crippen LogP contribution is -2.52. The fourth-order valence-electron chi connectivity index (χ4n) is 3.22. The molecule has 25 heavy (non-hydrogen) atoms. The molecule has 149 valence electrons. The Hall–Kier alpha value is -0.176. The third-order valence-electron chi connectivity index (χ3n) is 5.12. The summed E-state index contributed by atoms with van der Waals surface area (Å²) in [4.78, 5) is 13.4. The molecule has 0 aromatic rings. The lowest BCUT2D eigenvalue weighted by Gasteiger charge is -2.44. The van der Waals surface area contributed by atoms with E-state index in [9.17, 15) is 4.79 Å². The van der Waals surface area contributed by atoms with Crippen molar-refractivity contribution in [3.05, 3.63) is 0 Å². The van der Waals surface area contributed by atoms with Crippen LogP contribution in [0.3, 0.4) is 0 Å². The van der Waals surface area contributed by atoms with E-state index < -0.39 is 22.6 Å². The topological polar surface area (TPSA) is 44.8 Å². The number of hydrogen-bond acceptors (Lipinski definition) is 4. The van der Waals surface area contributed by atoms with Gasteiger partial charge in [-0.3, -0.25) is 4.79 Å². The van der Waals surface area contributed by atoms with Crippen molar-refractivity contribution in [1.82, 2.24) is 0 Å². The Morgan fingerprint density at radius 2 is 1.32 bits per heavy atom. The van der Waals surface area contributed by atoms with Gasteiger partial charge >= 0.3 is 9.28 Å². The SMILES string of the molecule is CCC[Si](CCC)(OC(=O)C(C)(CC)[Si](OCC)OCC)C(C)(C)C. The summed E-state index contributed by atoms with van der Waals surface area (Å²) in [6.45, 7) is 20.1. The minimum Gasteiger partial charge on any atom is -0.518 e. The summed E-state index contributed by atoms with van der Waals surface area (Å²) in [5.41, 5.74) is 0. The molecular formula is C19H41O4Si2. The Morgan fingerprint density at radius 3 is 1.60 bits per heavy atom. The van der Waals surface area contributed by atoms with Crippen molar-refractivity contribution in [3.8, 4) is 0 Å². The van der Waals surface area contributed by atoms with Gasteiger partial charge in [0.2, 0.25) is 0 Å². The van der Waals surface area contributed by atoms with Crippen LogP contribution in [-0.4, -0.2) is 36.8 Å². The van der Waals surface area contributed by atoms with Crippen LogP contribution in [-0.2, 0) is 18.1 Å². The molecule has 0 saturated heterocycles. The van der Waals surface area contributed by atoms with Gasteiger partial charge in [-0.25, -0.2) is 0 Å². The standard InChI is InChI=1S/C19H41O4Si2/c1-10-15-25(16-11-2,18(6,7)8)23-17(20)19(9,12-3)24(21-13-4)22-14-5/h10-16H2,1-9H3. The second-order valence-corrected chi connectivity index (χ2v) is 14.9. The zero-order valence-corrected chi connectivity index (χ0v) is 20.1. The molecule has 0 aromatic heterocycles. The van der Waals surface area contributed by atoms with Gasteiger partial charge in [-0.2, -0.15) is 0 Å². The van der Waals surface area contributed by atoms with Crippen molar-refractivity contribution in [2.24, 2.45) is 0 Å². The predicted octanol–water partition coefficient (Wildman–Crippen LogP) is 5.83. The normalized spacial score (nSPS) is 15.3. The summed E-state index contributed by atoms with van der Waals surface area (Å²) in [6, 6.07) is 2.03. The fourth-order valence-corrected chi connectivity index (χ4v) is 9.53. The highest BCUT2D eigenvalue weighted by Gasteiger charge is 2.53. The maximum atomic E-state index is 13.4. The number of carbonyl (C=O) groups excluding carboxylic acids is 1. The van der Waals surface area contributed by atoms with Gasteiger partial charge in [-0.05, 0) is 44.3 Å². The van der Waals surface area contributed by atoms with Crippen molar-refractivity contribution < 1.29 is 18.1 Å². The molecule has 0 aliphatic rings. The van der Waals surface area contributed by atoms with Crippen molar-refractivity contribution >= 4 is 23.6 Å². The first kappa shape index (κ1) is 24.8. The predicted molar refractivity (Wildman–Crippen MR) is 109 cm³/mol. The first-order valence-electron chi connectivity index (χ1n) is 9.94. The first-order chi connectivity index (χ1) is 11.6. The van der Waals surface area contributed by atoms with E-state index in [-0.39, 0.29) is 11.0 Å². The van der Waals surface area contributed by atoms with E-state index in [0.717, 1.165) is 24.9 Å². The molecule has 0 aliphatic carbocycles. The summed E-state index contributed by atoms with van der Waals surface area (Å²) in [7, 11) is -3.95. The summed E-state index contributed by atoms with van der Waals surface area (Å²) in [5, 5.41) is -0.658. The Kier molecular flexibility index (Phi) is 10.8. The third-order valence-corrected chi connectivity index (χ3v) is 13.6. The van der Waals surface area contributed by atoms with Gasteiger partial charge < -0.3 is 13.3 Å². The number of carbonyl (C=O) groups is 1. The largest absolute Gasteiger partial charge is 0.518 e. The average molecular weight is 390 g/mol. The van der Waals surface area contributed by atoms with Crippen LogP contribution < -0.4 is 0 Å². The van der Waals surface area contributed by atoms with Crippen LogP contribution in [0.4, 0.5) is 0 Å². The zero-order chi connectivity index (χ0) is 19.7. The minimum atomic E-state index is -2.22. The molecule has 0 N–H and O–H groups in total. The van der Waals surface area contributed by atoms with Crippen LogP contribution in [0.15, 0.2) is 0 Å². The average Bonchev–Trinajstić information content (AvgIpc) is 2.53. The Balaban J connectivity index is 5.75. The molecule has 1 atom stereocenters. The fraction of sp³-hybridized carbons (Fsp3) is 0.947. The zero-order valence-electron chi connectivity index (χ0n) is 18.1. The molecule has 0 aliphatic heterocycles. The number of rotatable bonds is 12. The van der Waals surface area contributed by atoms with Crippen LogP contribution in [0.1, 0.15) is 81.6 Å². The van der Waals surface area contributed by atoms with Gasteiger partial charge in [-0.1, -0.05) is 54.4 Å². The van der Waals surface area contributed by atoms with Crippen molar-refractivity contribution in [1.29, 1.82) is 0 Å². The quantitative estimate of drug-likeness (QED) is 0.394. The maximum absolute atomic E-state index is 13.4. The third kappa shape index (κ3) is 6.19. The van der Waals surface area contributed by atoms with Crippen LogP contribution in [0.2, 0.25) is 22.2 Å². The lowest BCUT2D eigenvalue weighted by molar-refractivity contribution is -0.140. The van der Waals surface area contributed by atoms with Crippen LogP contribution in [0.5, 0.6) is 0 Å². The molecule has 0 spiro atoms. The Morgan fingerprint density at radius 1 is 0.880 bits per heavy atom. The monoisotopic (exact) mass is 389 g/mol. The van der Waals surface area contributed by atoms with E-state index in [2.05, 4.69) is 34.6 Å². The molecule has 6 heteroatoms.